The van der Waals surface area contributed by atoms with Crippen molar-refractivity contribution in [1.82, 2.24) is 4.90 Å². The van der Waals surface area contributed by atoms with Gasteiger partial charge in [-0.25, -0.2) is 0 Å². The number of amides is 1. The van der Waals surface area contributed by atoms with Crippen molar-refractivity contribution in [1.29, 1.82) is 0 Å². The summed E-state index contributed by atoms with van der Waals surface area (Å²) < 4.78 is 0. The maximum absolute atomic E-state index is 12.7. The quantitative estimate of drug-likeness (QED) is 0.799. The molecule has 1 fully saturated rings. The van der Waals surface area contributed by atoms with Gasteiger partial charge in [-0.05, 0) is 61.4 Å². The van der Waals surface area contributed by atoms with Gasteiger partial charge in [-0.1, -0.05) is 0 Å². The van der Waals surface area contributed by atoms with E-state index >= 15 is 0 Å². The monoisotopic (exact) mass is 381 g/mol. The lowest BCUT2D eigenvalue weighted by atomic mass is 9.99. The van der Waals surface area contributed by atoms with Crippen LogP contribution in [0.1, 0.15) is 12.8 Å². The van der Waals surface area contributed by atoms with Gasteiger partial charge in [0.15, 0.2) is 0 Å². The van der Waals surface area contributed by atoms with E-state index in [0.717, 1.165) is 61.8 Å². The molecule has 1 heterocycles. The SMILES string of the molecule is CN(C)C(=O)C1CCN(c2ccc(N)cc2)CCN(c2ccc(N)cc2)CC1. The summed E-state index contributed by atoms with van der Waals surface area (Å²) in [4.78, 5) is 19.1. The average Bonchev–Trinajstić information content (AvgIpc) is 2.79. The Morgan fingerprint density at radius 2 is 1.18 bits per heavy atom. The number of hydrogen-bond acceptors (Lipinski definition) is 5. The van der Waals surface area contributed by atoms with Gasteiger partial charge < -0.3 is 26.2 Å². The Labute approximate surface area is 167 Å². The molecule has 0 radical (unpaired) electrons. The van der Waals surface area contributed by atoms with Crippen LogP contribution >= 0.6 is 0 Å². The number of nitrogen functional groups attached to an aromatic ring is 2. The lowest BCUT2D eigenvalue weighted by Crippen LogP contribution is -2.35. The van der Waals surface area contributed by atoms with Crippen LogP contribution in [0.4, 0.5) is 22.7 Å². The molecular weight excluding hydrogens is 350 g/mol. The van der Waals surface area contributed by atoms with Crippen LogP contribution in [0, 0.1) is 5.92 Å². The standard InChI is InChI=1S/C22H31N5O/c1-25(2)22(28)17-11-13-26(20-7-3-18(23)4-8-20)15-16-27(14-12-17)21-9-5-19(24)6-10-21/h3-10,17H,11-16,23-24H2,1-2H3. The highest BCUT2D eigenvalue weighted by atomic mass is 16.2. The van der Waals surface area contributed by atoms with E-state index in [2.05, 4.69) is 34.1 Å². The van der Waals surface area contributed by atoms with Crippen LogP contribution in [-0.2, 0) is 4.79 Å². The molecular formula is C22H31N5O. The molecule has 1 saturated heterocycles. The maximum Gasteiger partial charge on any atom is 0.225 e. The molecule has 4 N–H and O–H groups in total. The summed E-state index contributed by atoms with van der Waals surface area (Å²) in [7, 11) is 3.68. The molecule has 0 spiro atoms. The molecule has 150 valence electrons. The van der Waals surface area contributed by atoms with Crippen molar-refractivity contribution in [2.24, 2.45) is 5.92 Å². The Hall–Kier alpha value is -2.89. The number of anilines is 4. The number of benzene rings is 2. The Kier molecular flexibility index (Phi) is 6.29. The molecule has 2 aromatic rings. The van der Waals surface area contributed by atoms with Crippen LogP contribution in [0.25, 0.3) is 0 Å². The summed E-state index contributed by atoms with van der Waals surface area (Å²) in [6.07, 6.45) is 1.69. The highest BCUT2D eigenvalue weighted by molar-refractivity contribution is 5.78. The lowest BCUT2D eigenvalue weighted by molar-refractivity contribution is -0.133. The minimum atomic E-state index is 0.0145. The molecule has 1 amide bonds. The molecule has 28 heavy (non-hydrogen) atoms. The van der Waals surface area contributed by atoms with E-state index in [1.165, 1.54) is 0 Å². The van der Waals surface area contributed by atoms with Gasteiger partial charge in [-0.3, -0.25) is 4.79 Å². The number of carbonyl (C=O) groups excluding carboxylic acids is 1. The molecule has 1 aliphatic rings. The second-order valence-electron chi connectivity index (χ2n) is 7.66. The first kappa shape index (κ1) is 19.9. The summed E-state index contributed by atoms with van der Waals surface area (Å²) in [5.74, 6) is 0.220. The van der Waals surface area contributed by atoms with Gasteiger partial charge in [0, 0.05) is 68.9 Å². The number of rotatable bonds is 3. The van der Waals surface area contributed by atoms with Crippen molar-refractivity contribution >= 4 is 28.7 Å². The zero-order chi connectivity index (χ0) is 20.1. The van der Waals surface area contributed by atoms with E-state index in [4.69, 9.17) is 11.5 Å². The summed E-state index contributed by atoms with van der Waals surface area (Å²) in [5.41, 5.74) is 15.5. The van der Waals surface area contributed by atoms with Crippen molar-refractivity contribution in [2.45, 2.75) is 12.8 Å². The zero-order valence-corrected chi connectivity index (χ0v) is 16.8. The highest BCUT2D eigenvalue weighted by Crippen LogP contribution is 2.24. The van der Waals surface area contributed by atoms with Crippen molar-refractivity contribution in [3.63, 3.8) is 0 Å². The molecule has 2 aromatic carbocycles. The number of nitrogens with two attached hydrogens (primary N) is 2. The van der Waals surface area contributed by atoms with Gasteiger partial charge in [0.25, 0.3) is 0 Å². The molecule has 0 aliphatic carbocycles. The molecule has 0 atom stereocenters. The van der Waals surface area contributed by atoms with Crippen molar-refractivity contribution in [3.05, 3.63) is 48.5 Å². The largest absolute Gasteiger partial charge is 0.399 e. The minimum Gasteiger partial charge on any atom is -0.399 e. The second-order valence-corrected chi connectivity index (χ2v) is 7.66. The predicted molar refractivity (Wildman–Crippen MR) is 118 cm³/mol. The topological polar surface area (TPSA) is 78.8 Å². The van der Waals surface area contributed by atoms with Crippen molar-refractivity contribution < 1.29 is 4.79 Å². The smallest absolute Gasteiger partial charge is 0.225 e. The van der Waals surface area contributed by atoms with Gasteiger partial charge in [-0.15, -0.1) is 0 Å². The van der Waals surface area contributed by atoms with Crippen LogP contribution < -0.4 is 21.3 Å². The predicted octanol–water partition coefficient (Wildman–Crippen LogP) is 2.66. The Morgan fingerprint density at radius 3 is 1.54 bits per heavy atom. The van der Waals surface area contributed by atoms with Gasteiger partial charge in [0.2, 0.25) is 5.91 Å². The van der Waals surface area contributed by atoms with Crippen LogP contribution in [0.3, 0.4) is 0 Å². The maximum atomic E-state index is 12.7. The number of carbonyl (C=O) groups is 1. The third-order valence-electron chi connectivity index (χ3n) is 5.44. The lowest BCUT2D eigenvalue weighted by Gasteiger charge is -2.29. The fourth-order valence-electron chi connectivity index (χ4n) is 3.73. The van der Waals surface area contributed by atoms with Gasteiger partial charge >= 0.3 is 0 Å². The first-order chi connectivity index (χ1) is 13.4. The minimum absolute atomic E-state index is 0.0145. The third-order valence-corrected chi connectivity index (χ3v) is 5.44. The Morgan fingerprint density at radius 1 is 0.786 bits per heavy atom. The van der Waals surface area contributed by atoms with E-state index in [1.54, 1.807) is 4.90 Å². The molecule has 0 unspecified atom stereocenters. The Bertz CT molecular complexity index is 715. The summed E-state index contributed by atoms with van der Waals surface area (Å²) >= 11 is 0. The fourth-order valence-corrected chi connectivity index (χ4v) is 3.73. The fraction of sp³-hybridized carbons (Fsp3) is 0.409. The van der Waals surface area contributed by atoms with Gasteiger partial charge in [-0.2, -0.15) is 0 Å². The summed E-state index contributed by atoms with van der Waals surface area (Å²) in [6.45, 7) is 3.47. The van der Waals surface area contributed by atoms with E-state index in [0.29, 0.717) is 0 Å². The van der Waals surface area contributed by atoms with E-state index in [1.807, 2.05) is 38.4 Å². The first-order valence-corrected chi connectivity index (χ1v) is 9.86. The number of hydrogen-bond donors (Lipinski definition) is 2. The van der Waals surface area contributed by atoms with E-state index in [-0.39, 0.29) is 11.8 Å². The summed E-state index contributed by atoms with van der Waals surface area (Å²) in [6, 6.07) is 16.0. The molecule has 6 heteroatoms. The second kappa shape index (κ2) is 8.87. The third kappa shape index (κ3) is 4.88. The zero-order valence-electron chi connectivity index (χ0n) is 16.8. The van der Waals surface area contributed by atoms with Gasteiger partial charge in [0.05, 0.1) is 0 Å². The molecule has 3 rings (SSSR count). The van der Waals surface area contributed by atoms with Crippen LogP contribution in [0.5, 0.6) is 0 Å². The molecule has 0 bridgehead atoms. The number of nitrogens with zero attached hydrogens (tertiary/aromatic N) is 3. The van der Waals surface area contributed by atoms with Gasteiger partial charge in [0.1, 0.15) is 0 Å². The molecule has 6 nitrogen and oxygen atoms in total. The van der Waals surface area contributed by atoms with Crippen LogP contribution in [-0.4, -0.2) is 51.1 Å². The average molecular weight is 382 g/mol. The first-order valence-electron chi connectivity index (χ1n) is 9.86. The molecule has 0 aromatic heterocycles. The molecule has 0 saturated carbocycles. The van der Waals surface area contributed by atoms with E-state index in [9.17, 15) is 4.79 Å². The normalized spacial score (nSPS) is 16.2. The highest BCUT2D eigenvalue weighted by Gasteiger charge is 2.24. The van der Waals surface area contributed by atoms with Crippen LogP contribution in [0.15, 0.2) is 48.5 Å². The van der Waals surface area contributed by atoms with Crippen molar-refractivity contribution in [2.75, 3.05) is 61.5 Å². The Balaban J connectivity index is 1.84. The summed E-state index contributed by atoms with van der Waals surface area (Å²) in [5, 5.41) is 0. The van der Waals surface area contributed by atoms with Crippen molar-refractivity contribution in [3.8, 4) is 0 Å². The van der Waals surface area contributed by atoms with Crippen LogP contribution in [0.2, 0.25) is 0 Å². The molecule has 1 aliphatic heterocycles. The van der Waals surface area contributed by atoms with E-state index < -0.39 is 0 Å².